The van der Waals surface area contributed by atoms with E-state index in [9.17, 15) is 18.0 Å². The zero-order chi connectivity index (χ0) is 16.6. The fraction of sp³-hybridized carbons (Fsp3) is 0.467. The Morgan fingerprint density at radius 3 is 2.32 bits per heavy atom. The maximum Gasteiger partial charge on any atom is 0.423 e. The van der Waals surface area contributed by atoms with E-state index >= 15 is 0 Å². The van der Waals surface area contributed by atoms with Crippen LogP contribution in [0.25, 0.3) is 0 Å². The van der Waals surface area contributed by atoms with E-state index in [1.165, 1.54) is 0 Å². The third kappa shape index (κ3) is 3.29. The lowest BCUT2D eigenvalue weighted by Gasteiger charge is -2.31. The maximum atomic E-state index is 13.5. The summed E-state index contributed by atoms with van der Waals surface area (Å²) in [6.45, 7) is 4.83. The number of hydrazone groups is 1. The zero-order valence-corrected chi connectivity index (χ0v) is 13.3. The first kappa shape index (κ1) is 16.9. The quantitative estimate of drug-likeness (QED) is 0.912. The normalized spacial score (nSPS) is 22.2. The van der Waals surface area contributed by atoms with Gasteiger partial charge in [0, 0.05) is 11.0 Å². The molecule has 0 saturated carbocycles. The summed E-state index contributed by atoms with van der Waals surface area (Å²) >= 11 is 0.556. The minimum absolute atomic E-state index is 0.236. The zero-order valence-electron chi connectivity index (χ0n) is 12.5. The van der Waals surface area contributed by atoms with Gasteiger partial charge in [0.1, 0.15) is 10.8 Å². The van der Waals surface area contributed by atoms with Crippen LogP contribution in [-0.4, -0.2) is 21.9 Å². The van der Waals surface area contributed by atoms with Crippen LogP contribution in [-0.2, 0) is 4.79 Å². The summed E-state index contributed by atoms with van der Waals surface area (Å²) in [6.07, 6.45) is -5.26. The topological polar surface area (TPSA) is 41.5 Å². The molecule has 0 spiro atoms. The second kappa shape index (κ2) is 5.61. The molecule has 0 radical (unpaired) electrons. The lowest BCUT2D eigenvalue weighted by molar-refractivity contribution is -0.172. The molecule has 0 unspecified atom stereocenters. The number of carbonyl (C=O) groups excluding carboxylic acids is 1. The third-order valence-corrected chi connectivity index (χ3v) is 4.67. The van der Waals surface area contributed by atoms with Crippen molar-refractivity contribution in [2.45, 2.75) is 38.2 Å². The number of alkyl halides is 3. The van der Waals surface area contributed by atoms with Gasteiger partial charge in [-0.15, -0.1) is 0 Å². The van der Waals surface area contributed by atoms with E-state index < -0.39 is 28.7 Å². The van der Waals surface area contributed by atoms with Gasteiger partial charge < -0.3 is 0 Å². The molecule has 3 nitrogen and oxygen atoms in total. The Kier molecular flexibility index (Phi) is 4.30. The fourth-order valence-electron chi connectivity index (χ4n) is 1.84. The molecule has 0 bridgehead atoms. The van der Waals surface area contributed by atoms with Crippen molar-refractivity contribution >= 4 is 22.6 Å². The van der Waals surface area contributed by atoms with Crippen molar-refractivity contribution in [1.82, 2.24) is 5.43 Å². The van der Waals surface area contributed by atoms with Gasteiger partial charge in [0.15, 0.2) is 0 Å². The van der Waals surface area contributed by atoms with Crippen LogP contribution >= 0.6 is 11.8 Å². The molecule has 0 amide bonds. The van der Waals surface area contributed by atoms with Crippen LogP contribution in [0.1, 0.15) is 32.8 Å². The summed E-state index contributed by atoms with van der Waals surface area (Å²) < 4.78 is 40.6. The molecular formula is C15H17F3N2OS. The molecule has 2 rings (SSSR count). The number of benzene rings is 1. The third-order valence-electron chi connectivity index (χ3n) is 3.33. The van der Waals surface area contributed by atoms with E-state index in [2.05, 4.69) is 10.5 Å². The smallest absolute Gasteiger partial charge is 0.299 e. The molecule has 1 aromatic rings. The highest BCUT2D eigenvalue weighted by atomic mass is 32.2. The number of nitrogens with one attached hydrogen (secondary N) is 1. The van der Waals surface area contributed by atoms with Crippen LogP contribution in [0.3, 0.4) is 0 Å². The van der Waals surface area contributed by atoms with Gasteiger partial charge >= 0.3 is 6.18 Å². The molecule has 0 aromatic heterocycles. The summed E-state index contributed by atoms with van der Waals surface area (Å²) in [5.74, 6) is -0.464. The predicted octanol–water partition coefficient (Wildman–Crippen LogP) is 3.95. The summed E-state index contributed by atoms with van der Waals surface area (Å²) in [5.41, 5.74) is 1.92. The molecular weight excluding hydrogens is 313 g/mol. The number of hydrogen-bond donors (Lipinski definition) is 1. The molecule has 1 aliphatic heterocycles. The van der Waals surface area contributed by atoms with Crippen molar-refractivity contribution in [3.63, 3.8) is 0 Å². The van der Waals surface area contributed by atoms with Gasteiger partial charge in [0.2, 0.25) is 4.87 Å². The highest BCUT2D eigenvalue weighted by Gasteiger charge is 2.60. The van der Waals surface area contributed by atoms with Crippen molar-refractivity contribution in [3.8, 4) is 0 Å². The van der Waals surface area contributed by atoms with Gasteiger partial charge in [0.25, 0.3) is 0 Å². The van der Waals surface area contributed by atoms with E-state index in [-0.39, 0.29) is 5.04 Å². The Bertz CT molecular complexity index is 593. The molecule has 1 aliphatic rings. The average molecular weight is 330 g/mol. The molecule has 120 valence electrons. The standard InChI is InChI=1S/C15H17F3N2OS/c1-13(2,3)11(21)9-14(15(16,17)18)20-19-12(22-14)10-7-5-4-6-8-10/h4-8,20H,9H2,1-3H3/t14-/m0/s1. The number of nitrogens with zero attached hydrogens (tertiary/aromatic N) is 1. The van der Waals surface area contributed by atoms with Crippen LogP contribution in [0.4, 0.5) is 13.2 Å². The van der Waals surface area contributed by atoms with Crippen LogP contribution in [0, 0.1) is 5.41 Å². The van der Waals surface area contributed by atoms with Gasteiger partial charge in [-0.25, -0.2) is 0 Å². The number of thioether (sulfide) groups is 1. The second-order valence-corrected chi connectivity index (χ2v) is 7.46. The predicted molar refractivity (Wildman–Crippen MR) is 81.6 cm³/mol. The monoisotopic (exact) mass is 330 g/mol. The van der Waals surface area contributed by atoms with Crippen LogP contribution in [0.2, 0.25) is 0 Å². The highest BCUT2D eigenvalue weighted by molar-refractivity contribution is 8.15. The number of halogens is 3. The van der Waals surface area contributed by atoms with E-state index in [1.54, 1.807) is 51.1 Å². The minimum Gasteiger partial charge on any atom is -0.299 e. The van der Waals surface area contributed by atoms with E-state index in [0.717, 1.165) is 0 Å². The van der Waals surface area contributed by atoms with Gasteiger partial charge in [0.05, 0.1) is 6.42 Å². The lowest BCUT2D eigenvalue weighted by Crippen LogP contribution is -2.52. The fourth-order valence-corrected chi connectivity index (χ4v) is 2.93. The van der Waals surface area contributed by atoms with E-state index in [0.29, 0.717) is 17.3 Å². The van der Waals surface area contributed by atoms with Gasteiger partial charge in [-0.1, -0.05) is 62.9 Å². The van der Waals surface area contributed by atoms with Crippen molar-refractivity contribution in [1.29, 1.82) is 0 Å². The molecule has 1 heterocycles. The summed E-state index contributed by atoms with van der Waals surface area (Å²) in [6, 6.07) is 8.60. The first-order valence-corrected chi connectivity index (χ1v) is 7.56. The van der Waals surface area contributed by atoms with Gasteiger partial charge in [-0.05, 0) is 0 Å². The summed E-state index contributed by atoms with van der Waals surface area (Å²) in [7, 11) is 0. The molecule has 22 heavy (non-hydrogen) atoms. The SMILES string of the molecule is CC(C)(C)C(=O)C[C@]1(C(F)(F)F)NN=C(c2ccccc2)S1. The number of ketones is 1. The Balaban J connectivity index is 2.27. The molecule has 0 fully saturated rings. The first-order chi connectivity index (χ1) is 10.1. The van der Waals surface area contributed by atoms with Crippen molar-refractivity contribution in [2.75, 3.05) is 0 Å². The molecule has 1 atom stereocenters. The molecule has 1 aromatic carbocycles. The molecule has 0 aliphatic carbocycles. The van der Waals surface area contributed by atoms with E-state index in [1.807, 2.05) is 0 Å². The van der Waals surface area contributed by atoms with Crippen LogP contribution in [0.15, 0.2) is 35.4 Å². The number of hydrogen-bond acceptors (Lipinski definition) is 4. The summed E-state index contributed by atoms with van der Waals surface area (Å²) in [5, 5.41) is 4.05. The largest absolute Gasteiger partial charge is 0.423 e. The molecule has 0 saturated heterocycles. The number of carbonyl (C=O) groups is 1. The minimum atomic E-state index is -4.60. The van der Waals surface area contributed by atoms with Crippen LogP contribution in [0.5, 0.6) is 0 Å². The number of Topliss-reactive ketones (excluding diaryl/α,β-unsaturated/α-hetero) is 1. The first-order valence-electron chi connectivity index (χ1n) is 6.74. The summed E-state index contributed by atoms with van der Waals surface area (Å²) in [4.78, 5) is 9.71. The Morgan fingerprint density at radius 2 is 1.82 bits per heavy atom. The maximum absolute atomic E-state index is 13.5. The Labute approximate surface area is 131 Å². The van der Waals surface area contributed by atoms with Crippen molar-refractivity contribution in [3.05, 3.63) is 35.9 Å². The van der Waals surface area contributed by atoms with Crippen molar-refractivity contribution < 1.29 is 18.0 Å². The number of rotatable bonds is 3. The molecule has 7 heteroatoms. The van der Waals surface area contributed by atoms with Gasteiger partial charge in [-0.2, -0.15) is 18.3 Å². The van der Waals surface area contributed by atoms with Crippen LogP contribution < -0.4 is 5.43 Å². The second-order valence-electron chi connectivity index (χ2n) is 6.17. The Morgan fingerprint density at radius 1 is 1.23 bits per heavy atom. The lowest BCUT2D eigenvalue weighted by atomic mass is 9.87. The average Bonchev–Trinajstić information content (AvgIpc) is 2.84. The van der Waals surface area contributed by atoms with Crippen molar-refractivity contribution in [2.24, 2.45) is 10.5 Å². The van der Waals surface area contributed by atoms with Gasteiger partial charge in [-0.3, -0.25) is 10.2 Å². The Hall–Kier alpha value is -1.50. The molecule has 1 N–H and O–H groups in total. The van der Waals surface area contributed by atoms with E-state index in [4.69, 9.17) is 0 Å². The highest BCUT2D eigenvalue weighted by Crippen LogP contribution is 2.47.